The molecule has 2 aromatic rings. The highest BCUT2D eigenvalue weighted by Crippen LogP contribution is 2.27. The third-order valence-corrected chi connectivity index (χ3v) is 3.33. The van der Waals surface area contributed by atoms with Gasteiger partial charge in [0.2, 0.25) is 0 Å². The fourth-order valence-corrected chi connectivity index (χ4v) is 1.99. The van der Waals surface area contributed by atoms with E-state index in [4.69, 9.17) is 23.2 Å². The number of pyridine rings is 1. The second-order valence-electron chi connectivity index (χ2n) is 4.11. The molecule has 0 saturated heterocycles. The van der Waals surface area contributed by atoms with Gasteiger partial charge < -0.3 is 4.90 Å². The lowest BCUT2D eigenvalue weighted by Crippen LogP contribution is -2.17. The third kappa shape index (κ3) is 3.49. The number of rotatable bonds is 4. The maximum atomic E-state index is 5.97. The molecule has 4 heteroatoms. The summed E-state index contributed by atoms with van der Waals surface area (Å²) in [7, 11) is 0. The van der Waals surface area contributed by atoms with Crippen LogP contribution in [0.3, 0.4) is 0 Å². The van der Waals surface area contributed by atoms with Gasteiger partial charge in [-0.2, -0.15) is 0 Å². The fraction of sp³-hybridized carbons (Fsp3) is 0.133. The number of hydrogen-bond donors (Lipinski definition) is 0. The number of anilines is 2. The SMILES string of the molecule is Cc1cc(N(C/C=C/Cl)c2ccccc2)cnc1Cl. The van der Waals surface area contributed by atoms with Gasteiger partial charge in [-0.25, -0.2) is 4.98 Å². The van der Waals surface area contributed by atoms with Crippen molar-refractivity contribution in [2.24, 2.45) is 0 Å². The summed E-state index contributed by atoms with van der Waals surface area (Å²) in [6.07, 6.45) is 3.66. The van der Waals surface area contributed by atoms with Crippen LogP contribution < -0.4 is 4.90 Å². The first-order valence-corrected chi connectivity index (χ1v) is 6.74. The zero-order valence-electron chi connectivity index (χ0n) is 10.6. The van der Waals surface area contributed by atoms with Gasteiger partial charge >= 0.3 is 0 Å². The average Bonchev–Trinajstić information content (AvgIpc) is 2.44. The highest BCUT2D eigenvalue weighted by atomic mass is 35.5. The van der Waals surface area contributed by atoms with E-state index in [1.807, 2.05) is 49.4 Å². The number of benzene rings is 1. The zero-order chi connectivity index (χ0) is 13.7. The molecule has 0 atom stereocenters. The number of halogens is 2. The summed E-state index contributed by atoms with van der Waals surface area (Å²) in [4.78, 5) is 6.32. The number of aromatic nitrogens is 1. The van der Waals surface area contributed by atoms with Crippen molar-refractivity contribution in [2.75, 3.05) is 11.4 Å². The molecule has 0 N–H and O–H groups in total. The number of hydrogen-bond acceptors (Lipinski definition) is 2. The summed E-state index contributed by atoms with van der Waals surface area (Å²) < 4.78 is 0. The van der Waals surface area contributed by atoms with Crippen LogP contribution in [-0.4, -0.2) is 11.5 Å². The Kier molecular flexibility index (Phi) is 4.83. The van der Waals surface area contributed by atoms with Gasteiger partial charge in [0.1, 0.15) is 5.15 Å². The van der Waals surface area contributed by atoms with E-state index < -0.39 is 0 Å². The van der Waals surface area contributed by atoms with E-state index in [9.17, 15) is 0 Å². The quantitative estimate of drug-likeness (QED) is 0.743. The summed E-state index contributed by atoms with van der Waals surface area (Å²) in [6, 6.07) is 12.1. The Hall–Kier alpha value is -1.51. The lowest BCUT2D eigenvalue weighted by molar-refractivity contribution is 1.08. The number of para-hydroxylation sites is 1. The molecule has 0 bridgehead atoms. The first-order valence-electron chi connectivity index (χ1n) is 5.92. The monoisotopic (exact) mass is 292 g/mol. The van der Waals surface area contributed by atoms with Crippen LogP contribution in [0.4, 0.5) is 11.4 Å². The Morgan fingerprint density at radius 2 is 1.95 bits per heavy atom. The van der Waals surface area contributed by atoms with Crippen molar-refractivity contribution in [3.8, 4) is 0 Å². The summed E-state index contributed by atoms with van der Waals surface area (Å²) >= 11 is 11.6. The minimum absolute atomic E-state index is 0.532. The lowest BCUT2D eigenvalue weighted by Gasteiger charge is -2.23. The minimum Gasteiger partial charge on any atom is -0.336 e. The van der Waals surface area contributed by atoms with Crippen molar-refractivity contribution >= 4 is 34.6 Å². The Balaban J connectivity index is 2.39. The van der Waals surface area contributed by atoms with Crippen LogP contribution in [0.1, 0.15) is 5.56 Å². The van der Waals surface area contributed by atoms with Crippen LogP contribution >= 0.6 is 23.2 Å². The lowest BCUT2D eigenvalue weighted by atomic mass is 10.2. The zero-order valence-corrected chi connectivity index (χ0v) is 12.1. The predicted octanol–water partition coefficient (Wildman–Crippen LogP) is 4.93. The maximum absolute atomic E-state index is 5.97. The molecule has 0 aliphatic rings. The fourth-order valence-electron chi connectivity index (χ4n) is 1.80. The Morgan fingerprint density at radius 1 is 1.21 bits per heavy atom. The largest absolute Gasteiger partial charge is 0.336 e. The Labute approximate surface area is 123 Å². The molecule has 0 aliphatic carbocycles. The molecule has 0 unspecified atom stereocenters. The second-order valence-corrected chi connectivity index (χ2v) is 4.72. The van der Waals surface area contributed by atoms with Crippen LogP contribution in [-0.2, 0) is 0 Å². The molecule has 2 rings (SSSR count). The van der Waals surface area contributed by atoms with Gasteiger partial charge in [-0.15, -0.1) is 0 Å². The highest BCUT2D eigenvalue weighted by Gasteiger charge is 2.09. The van der Waals surface area contributed by atoms with Gasteiger partial charge in [0, 0.05) is 17.8 Å². The molecular formula is C15H14Cl2N2. The molecule has 1 heterocycles. The molecule has 1 aromatic carbocycles. The maximum Gasteiger partial charge on any atom is 0.132 e. The van der Waals surface area contributed by atoms with Gasteiger partial charge in [0.15, 0.2) is 0 Å². The van der Waals surface area contributed by atoms with Crippen molar-refractivity contribution in [1.82, 2.24) is 4.98 Å². The van der Waals surface area contributed by atoms with Gasteiger partial charge in [0.25, 0.3) is 0 Å². The van der Waals surface area contributed by atoms with Gasteiger partial charge in [-0.05, 0) is 30.7 Å². The Bertz CT molecular complexity index is 568. The number of nitrogens with zero attached hydrogens (tertiary/aromatic N) is 2. The van der Waals surface area contributed by atoms with Crippen molar-refractivity contribution in [2.45, 2.75) is 6.92 Å². The average molecular weight is 293 g/mol. The van der Waals surface area contributed by atoms with Gasteiger partial charge in [-0.1, -0.05) is 47.5 Å². The first-order chi connectivity index (χ1) is 9.22. The summed E-state index contributed by atoms with van der Waals surface area (Å²) in [6.45, 7) is 2.62. The molecule has 1 aromatic heterocycles. The predicted molar refractivity (Wildman–Crippen MR) is 82.4 cm³/mol. The second kappa shape index (κ2) is 6.60. The van der Waals surface area contributed by atoms with E-state index in [1.165, 1.54) is 5.54 Å². The molecule has 2 nitrogen and oxygen atoms in total. The molecule has 19 heavy (non-hydrogen) atoms. The molecule has 0 fully saturated rings. The molecule has 0 saturated carbocycles. The first kappa shape index (κ1) is 13.9. The normalized spacial score (nSPS) is 10.9. The standard InChI is InChI=1S/C15H14Cl2N2/c1-12-10-14(11-18-15(12)17)19(9-5-8-16)13-6-3-2-4-7-13/h2-8,10-11H,9H2,1H3/b8-5+. The van der Waals surface area contributed by atoms with Crippen LogP contribution in [0, 0.1) is 6.92 Å². The van der Waals surface area contributed by atoms with Crippen LogP contribution in [0.5, 0.6) is 0 Å². The molecule has 0 radical (unpaired) electrons. The van der Waals surface area contributed by atoms with E-state index in [1.54, 1.807) is 6.20 Å². The molecule has 98 valence electrons. The molecule has 0 aliphatic heterocycles. The van der Waals surface area contributed by atoms with Crippen molar-refractivity contribution < 1.29 is 0 Å². The summed E-state index contributed by atoms with van der Waals surface area (Å²) in [5, 5.41) is 0.532. The van der Waals surface area contributed by atoms with E-state index in [2.05, 4.69) is 9.88 Å². The van der Waals surface area contributed by atoms with Gasteiger partial charge in [-0.3, -0.25) is 0 Å². The van der Waals surface area contributed by atoms with Crippen molar-refractivity contribution in [1.29, 1.82) is 0 Å². The van der Waals surface area contributed by atoms with E-state index in [0.29, 0.717) is 11.7 Å². The molecular weight excluding hydrogens is 279 g/mol. The van der Waals surface area contributed by atoms with Crippen LogP contribution in [0.15, 0.2) is 54.2 Å². The van der Waals surface area contributed by atoms with Crippen LogP contribution in [0.25, 0.3) is 0 Å². The number of aryl methyl sites for hydroxylation is 1. The molecule has 0 spiro atoms. The topological polar surface area (TPSA) is 16.1 Å². The van der Waals surface area contributed by atoms with E-state index >= 15 is 0 Å². The summed E-state index contributed by atoms with van der Waals surface area (Å²) in [5.41, 5.74) is 4.55. The third-order valence-electron chi connectivity index (χ3n) is 2.76. The van der Waals surface area contributed by atoms with E-state index in [-0.39, 0.29) is 0 Å². The smallest absolute Gasteiger partial charge is 0.132 e. The highest BCUT2D eigenvalue weighted by molar-refractivity contribution is 6.30. The van der Waals surface area contributed by atoms with Crippen molar-refractivity contribution in [3.63, 3.8) is 0 Å². The van der Waals surface area contributed by atoms with Crippen molar-refractivity contribution in [3.05, 3.63) is 64.9 Å². The van der Waals surface area contributed by atoms with E-state index in [0.717, 1.165) is 16.9 Å². The molecule has 0 amide bonds. The Morgan fingerprint density at radius 3 is 2.58 bits per heavy atom. The van der Waals surface area contributed by atoms with Crippen LogP contribution in [0.2, 0.25) is 5.15 Å². The minimum atomic E-state index is 0.532. The summed E-state index contributed by atoms with van der Waals surface area (Å²) in [5.74, 6) is 0. The van der Waals surface area contributed by atoms with Gasteiger partial charge in [0.05, 0.1) is 11.9 Å².